The number of ketones is 1. The van der Waals surface area contributed by atoms with Gasteiger partial charge in [0.25, 0.3) is 0 Å². The van der Waals surface area contributed by atoms with Crippen molar-refractivity contribution in [2.45, 2.75) is 38.1 Å². The van der Waals surface area contributed by atoms with Gasteiger partial charge in [0, 0.05) is 13.0 Å². The van der Waals surface area contributed by atoms with Crippen LogP contribution >= 0.6 is 0 Å². The second-order valence-corrected chi connectivity index (χ2v) is 3.50. The van der Waals surface area contributed by atoms with Gasteiger partial charge < -0.3 is 9.47 Å². The minimum atomic E-state index is -0.0886. The van der Waals surface area contributed by atoms with E-state index in [1.807, 2.05) is 6.08 Å². The molecule has 1 fully saturated rings. The third kappa shape index (κ3) is 2.39. The molecule has 0 spiro atoms. The Hall–Kier alpha value is -0.670. The molecule has 0 N–H and O–H groups in total. The second-order valence-electron chi connectivity index (χ2n) is 3.50. The van der Waals surface area contributed by atoms with E-state index in [1.165, 1.54) is 0 Å². The number of ether oxygens (including phenoxy) is 2. The van der Waals surface area contributed by atoms with Crippen LogP contribution in [0.4, 0.5) is 0 Å². The molecule has 0 aromatic rings. The van der Waals surface area contributed by atoms with E-state index in [9.17, 15) is 4.79 Å². The molecule has 0 saturated carbocycles. The summed E-state index contributed by atoms with van der Waals surface area (Å²) in [6.07, 6.45) is 7.01. The lowest BCUT2D eigenvalue weighted by molar-refractivity contribution is -0.178. The molecule has 2 unspecified atom stereocenters. The Balaban J connectivity index is 1.77. The molecule has 2 rings (SSSR count). The fourth-order valence-corrected chi connectivity index (χ4v) is 1.66. The molecule has 1 heterocycles. The third-order valence-corrected chi connectivity index (χ3v) is 2.36. The van der Waals surface area contributed by atoms with Gasteiger partial charge in [0.05, 0.1) is 6.10 Å². The van der Waals surface area contributed by atoms with Crippen LogP contribution in [0.5, 0.6) is 0 Å². The number of hydrogen-bond donors (Lipinski definition) is 0. The molecule has 3 nitrogen and oxygen atoms in total. The van der Waals surface area contributed by atoms with Crippen LogP contribution < -0.4 is 0 Å². The molecule has 1 saturated heterocycles. The zero-order valence-electron chi connectivity index (χ0n) is 7.57. The van der Waals surface area contributed by atoms with Crippen molar-refractivity contribution in [2.24, 2.45) is 0 Å². The van der Waals surface area contributed by atoms with E-state index in [0.717, 1.165) is 25.9 Å². The topological polar surface area (TPSA) is 35.5 Å². The van der Waals surface area contributed by atoms with Gasteiger partial charge in [0.15, 0.2) is 12.1 Å². The van der Waals surface area contributed by atoms with Crippen molar-refractivity contribution in [2.75, 3.05) is 6.61 Å². The van der Waals surface area contributed by atoms with Gasteiger partial charge in [0.1, 0.15) is 0 Å². The minimum Gasteiger partial charge on any atom is -0.353 e. The summed E-state index contributed by atoms with van der Waals surface area (Å²) in [5, 5.41) is 0. The maximum absolute atomic E-state index is 10.9. The van der Waals surface area contributed by atoms with E-state index in [-0.39, 0.29) is 18.2 Å². The molecule has 0 radical (unpaired) electrons. The first-order valence-electron chi connectivity index (χ1n) is 4.83. The molecule has 2 atom stereocenters. The van der Waals surface area contributed by atoms with Crippen LogP contribution in [0.1, 0.15) is 25.7 Å². The zero-order valence-corrected chi connectivity index (χ0v) is 7.57. The molecule has 3 heteroatoms. The highest BCUT2D eigenvalue weighted by Gasteiger charge is 2.22. The Morgan fingerprint density at radius 2 is 2.38 bits per heavy atom. The highest BCUT2D eigenvalue weighted by molar-refractivity contribution is 5.92. The third-order valence-electron chi connectivity index (χ3n) is 2.36. The summed E-state index contributed by atoms with van der Waals surface area (Å²) in [5.41, 5.74) is 0. The monoisotopic (exact) mass is 182 g/mol. The number of allylic oxidation sites excluding steroid dienone is 1. The number of rotatable bonds is 2. The largest absolute Gasteiger partial charge is 0.353 e. The van der Waals surface area contributed by atoms with Crippen molar-refractivity contribution in [3.63, 3.8) is 0 Å². The van der Waals surface area contributed by atoms with Crippen LogP contribution in [0.2, 0.25) is 0 Å². The summed E-state index contributed by atoms with van der Waals surface area (Å²) >= 11 is 0. The molecule has 0 aromatic carbocycles. The Kier molecular flexibility index (Phi) is 2.76. The van der Waals surface area contributed by atoms with E-state index in [1.54, 1.807) is 6.08 Å². The lowest BCUT2D eigenvalue weighted by atomic mass is 10.2. The quantitative estimate of drug-likeness (QED) is 0.648. The Morgan fingerprint density at radius 1 is 1.46 bits per heavy atom. The van der Waals surface area contributed by atoms with Crippen molar-refractivity contribution in [3.8, 4) is 0 Å². The average Bonchev–Trinajstić information content (AvgIpc) is 2.53. The van der Waals surface area contributed by atoms with Crippen LogP contribution in [-0.2, 0) is 14.3 Å². The average molecular weight is 182 g/mol. The van der Waals surface area contributed by atoms with E-state index in [4.69, 9.17) is 9.47 Å². The SMILES string of the molecule is O=C1C=CC(OC2CCCCO2)C1. The van der Waals surface area contributed by atoms with Crippen molar-refractivity contribution >= 4 is 5.78 Å². The fraction of sp³-hybridized carbons (Fsp3) is 0.700. The fourth-order valence-electron chi connectivity index (χ4n) is 1.66. The van der Waals surface area contributed by atoms with Crippen molar-refractivity contribution in [1.82, 2.24) is 0 Å². The molecule has 13 heavy (non-hydrogen) atoms. The van der Waals surface area contributed by atoms with Crippen LogP contribution in [-0.4, -0.2) is 24.8 Å². The molecule has 2 aliphatic rings. The van der Waals surface area contributed by atoms with E-state index in [0.29, 0.717) is 6.42 Å². The Morgan fingerprint density at radius 3 is 3.00 bits per heavy atom. The molecule has 1 aliphatic heterocycles. The van der Waals surface area contributed by atoms with Crippen molar-refractivity contribution in [1.29, 1.82) is 0 Å². The molecule has 0 amide bonds. The van der Waals surface area contributed by atoms with Crippen molar-refractivity contribution in [3.05, 3.63) is 12.2 Å². The predicted molar refractivity (Wildman–Crippen MR) is 47.2 cm³/mol. The van der Waals surface area contributed by atoms with Crippen LogP contribution in [0.3, 0.4) is 0 Å². The predicted octanol–water partition coefficient (Wildman–Crippen LogP) is 1.43. The standard InChI is InChI=1S/C10H14O3/c11-8-4-5-9(7-8)13-10-3-1-2-6-12-10/h4-5,9-10H,1-3,6-7H2. The van der Waals surface area contributed by atoms with Crippen LogP contribution in [0.25, 0.3) is 0 Å². The summed E-state index contributed by atoms with van der Waals surface area (Å²) in [4.78, 5) is 10.9. The number of hydrogen-bond acceptors (Lipinski definition) is 3. The maximum Gasteiger partial charge on any atom is 0.158 e. The smallest absolute Gasteiger partial charge is 0.158 e. The van der Waals surface area contributed by atoms with Gasteiger partial charge in [-0.25, -0.2) is 0 Å². The second kappa shape index (κ2) is 4.03. The molecule has 0 bridgehead atoms. The summed E-state index contributed by atoms with van der Waals surface area (Å²) in [6, 6.07) is 0. The molecule has 1 aliphatic carbocycles. The molecular formula is C10H14O3. The first-order chi connectivity index (χ1) is 6.34. The first-order valence-corrected chi connectivity index (χ1v) is 4.83. The zero-order chi connectivity index (χ0) is 9.10. The van der Waals surface area contributed by atoms with Gasteiger partial charge in [-0.1, -0.05) is 6.08 Å². The minimum absolute atomic E-state index is 0.0457. The van der Waals surface area contributed by atoms with Gasteiger partial charge in [-0.15, -0.1) is 0 Å². The maximum atomic E-state index is 10.9. The molecule has 0 aromatic heterocycles. The first kappa shape index (κ1) is 8.91. The highest BCUT2D eigenvalue weighted by atomic mass is 16.7. The molecule has 72 valence electrons. The Bertz CT molecular complexity index is 216. The lowest BCUT2D eigenvalue weighted by Gasteiger charge is -2.24. The number of carbonyl (C=O) groups is 1. The summed E-state index contributed by atoms with van der Waals surface area (Å²) in [7, 11) is 0. The van der Waals surface area contributed by atoms with Crippen LogP contribution in [0.15, 0.2) is 12.2 Å². The van der Waals surface area contributed by atoms with Crippen molar-refractivity contribution < 1.29 is 14.3 Å². The van der Waals surface area contributed by atoms with Gasteiger partial charge >= 0.3 is 0 Å². The van der Waals surface area contributed by atoms with Crippen LogP contribution in [0, 0.1) is 0 Å². The molecular weight excluding hydrogens is 168 g/mol. The lowest BCUT2D eigenvalue weighted by Crippen LogP contribution is -2.26. The van der Waals surface area contributed by atoms with E-state index < -0.39 is 0 Å². The highest BCUT2D eigenvalue weighted by Crippen LogP contribution is 2.19. The van der Waals surface area contributed by atoms with E-state index in [2.05, 4.69) is 0 Å². The van der Waals surface area contributed by atoms with E-state index >= 15 is 0 Å². The summed E-state index contributed by atoms with van der Waals surface area (Å²) in [6.45, 7) is 0.787. The van der Waals surface area contributed by atoms with Gasteiger partial charge in [-0.2, -0.15) is 0 Å². The van der Waals surface area contributed by atoms with Gasteiger partial charge in [-0.3, -0.25) is 4.79 Å². The number of carbonyl (C=O) groups excluding carboxylic acids is 1. The van der Waals surface area contributed by atoms with Gasteiger partial charge in [-0.05, 0) is 25.3 Å². The normalized spacial score (nSPS) is 34.0. The summed E-state index contributed by atoms with van der Waals surface area (Å²) in [5.74, 6) is 0.154. The Labute approximate surface area is 77.7 Å². The van der Waals surface area contributed by atoms with Gasteiger partial charge in [0.2, 0.25) is 0 Å². The summed E-state index contributed by atoms with van der Waals surface area (Å²) < 4.78 is 11.0.